The summed E-state index contributed by atoms with van der Waals surface area (Å²) < 4.78 is 27.0. The molecule has 2 aromatic heterocycles. The van der Waals surface area contributed by atoms with Crippen molar-refractivity contribution in [2.75, 3.05) is 6.54 Å². The minimum absolute atomic E-state index is 0.118. The van der Waals surface area contributed by atoms with Gasteiger partial charge in [0, 0.05) is 30.9 Å². The van der Waals surface area contributed by atoms with E-state index in [0.717, 1.165) is 17.8 Å². The number of nitrogens with one attached hydrogen (secondary N) is 2. The van der Waals surface area contributed by atoms with Crippen LogP contribution in [-0.2, 0) is 6.42 Å². The highest BCUT2D eigenvalue weighted by atomic mass is 19.1. The molecule has 2 N–H and O–H groups in total. The van der Waals surface area contributed by atoms with Gasteiger partial charge in [0.05, 0.1) is 22.5 Å². The zero-order chi connectivity index (χ0) is 16.7. The number of carbonyl (C=O) groups excluding carboxylic acids is 1. The van der Waals surface area contributed by atoms with E-state index in [2.05, 4.69) is 20.3 Å². The lowest BCUT2D eigenvalue weighted by Crippen LogP contribution is -2.31. The number of halogens is 2. The Hall–Kier alpha value is -3.09. The third-order valence-corrected chi connectivity index (χ3v) is 3.91. The van der Waals surface area contributed by atoms with Gasteiger partial charge in [-0.3, -0.25) is 4.79 Å². The number of aromatic nitrogens is 3. The third kappa shape index (κ3) is 2.44. The lowest BCUT2D eigenvalue weighted by Gasteiger charge is -2.10. The van der Waals surface area contributed by atoms with E-state index in [9.17, 15) is 13.6 Å². The van der Waals surface area contributed by atoms with E-state index in [0.29, 0.717) is 29.9 Å². The number of benzene rings is 1. The second kappa shape index (κ2) is 5.52. The molecule has 1 amide bonds. The number of nitrogens with zero attached hydrogens (tertiary/aromatic N) is 2. The summed E-state index contributed by atoms with van der Waals surface area (Å²) in [6.07, 6.45) is 2.21. The highest BCUT2D eigenvalue weighted by molar-refractivity contribution is 5.97. The summed E-state index contributed by atoms with van der Waals surface area (Å²) in [6.45, 7) is 0.585. The van der Waals surface area contributed by atoms with Crippen molar-refractivity contribution in [3.63, 3.8) is 0 Å². The molecule has 0 saturated carbocycles. The number of aromatic amines is 1. The molecule has 1 aromatic carbocycles. The lowest BCUT2D eigenvalue weighted by atomic mass is 10.1. The first-order valence-electron chi connectivity index (χ1n) is 7.41. The average molecular weight is 326 g/mol. The van der Waals surface area contributed by atoms with Crippen LogP contribution in [0.25, 0.3) is 22.8 Å². The van der Waals surface area contributed by atoms with Gasteiger partial charge in [-0.15, -0.1) is 0 Å². The highest BCUT2D eigenvalue weighted by Gasteiger charge is 2.20. The molecule has 0 spiro atoms. The van der Waals surface area contributed by atoms with Gasteiger partial charge in [-0.25, -0.2) is 18.7 Å². The normalized spacial score (nSPS) is 13.5. The van der Waals surface area contributed by atoms with Crippen molar-refractivity contribution in [2.24, 2.45) is 0 Å². The molecular formula is C17H12F2N4O. The number of hydrogen-bond donors (Lipinski definition) is 2. The van der Waals surface area contributed by atoms with Crippen molar-refractivity contribution >= 4 is 5.91 Å². The van der Waals surface area contributed by atoms with Gasteiger partial charge >= 0.3 is 0 Å². The van der Waals surface area contributed by atoms with Crippen molar-refractivity contribution < 1.29 is 13.6 Å². The van der Waals surface area contributed by atoms with Crippen molar-refractivity contribution in [1.29, 1.82) is 0 Å². The van der Waals surface area contributed by atoms with Crippen LogP contribution in [0.5, 0.6) is 0 Å². The minimum Gasteiger partial charge on any atom is -0.356 e. The van der Waals surface area contributed by atoms with Crippen molar-refractivity contribution in [2.45, 2.75) is 6.42 Å². The van der Waals surface area contributed by atoms with Crippen LogP contribution in [0.3, 0.4) is 0 Å². The number of hydrogen-bond acceptors (Lipinski definition) is 3. The molecule has 3 aromatic rings. The van der Waals surface area contributed by atoms with Crippen LogP contribution in [0.4, 0.5) is 8.78 Å². The molecule has 0 fully saturated rings. The molecule has 3 heterocycles. The fraction of sp³-hybridized carbons (Fsp3) is 0.118. The van der Waals surface area contributed by atoms with Crippen LogP contribution < -0.4 is 5.32 Å². The second-order valence-corrected chi connectivity index (χ2v) is 5.47. The van der Waals surface area contributed by atoms with Crippen LogP contribution in [0, 0.1) is 11.6 Å². The van der Waals surface area contributed by atoms with E-state index < -0.39 is 11.6 Å². The number of fused-ring (bicyclic) bond motifs is 1. The highest BCUT2D eigenvalue weighted by Crippen LogP contribution is 2.25. The fourth-order valence-corrected chi connectivity index (χ4v) is 2.74. The van der Waals surface area contributed by atoms with Crippen LogP contribution in [0.2, 0.25) is 0 Å². The topological polar surface area (TPSA) is 70.7 Å². The van der Waals surface area contributed by atoms with Crippen molar-refractivity contribution in [3.05, 3.63) is 59.4 Å². The first-order valence-corrected chi connectivity index (χ1v) is 7.41. The molecule has 0 radical (unpaired) electrons. The molecule has 4 rings (SSSR count). The van der Waals surface area contributed by atoms with Crippen LogP contribution >= 0.6 is 0 Å². The van der Waals surface area contributed by atoms with Crippen molar-refractivity contribution in [3.8, 4) is 22.8 Å². The van der Waals surface area contributed by atoms with Gasteiger partial charge in [0.1, 0.15) is 11.6 Å². The Morgan fingerprint density at radius 1 is 1.08 bits per heavy atom. The SMILES string of the molecule is O=C1NCCc2[nH]c(-c3ccnc(-c4ccc(F)cc4F)n3)cc21. The Bertz CT molecular complexity index is 952. The van der Waals surface area contributed by atoms with Gasteiger partial charge in [-0.2, -0.15) is 0 Å². The molecule has 0 unspecified atom stereocenters. The molecule has 0 bridgehead atoms. The second-order valence-electron chi connectivity index (χ2n) is 5.47. The summed E-state index contributed by atoms with van der Waals surface area (Å²) in [7, 11) is 0. The maximum absolute atomic E-state index is 13.9. The quantitative estimate of drug-likeness (QED) is 0.761. The van der Waals surface area contributed by atoms with E-state index in [1.807, 2.05) is 0 Å². The Labute approximate surface area is 135 Å². The van der Waals surface area contributed by atoms with Gasteiger partial charge in [-0.05, 0) is 24.3 Å². The maximum atomic E-state index is 13.9. The Morgan fingerprint density at radius 3 is 2.75 bits per heavy atom. The first-order chi connectivity index (χ1) is 11.6. The van der Waals surface area contributed by atoms with Crippen LogP contribution in [0.1, 0.15) is 16.1 Å². The fourth-order valence-electron chi connectivity index (χ4n) is 2.74. The van der Waals surface area contributed by atoms with Gasteiger partial charge in [0.15, 0.2) is 5.82 Å². The Balaban J connectivity index is 1.77. The molecule has 0 saturated heterocycles. The predicted molar refractivity (Wildman–Crippen MR) is 83.2 cm³/mol. The van der Waals surface area contributed by atoms with E-state index in [1.54, 1.807) is 12.1 Å². The zero-order valence-electron chi connectivity index (χ0n) is 12.4. The van der Waals surface area contributed by atoms with E-state index >= 15 is 0 Å². The maximum Gasteiger partial charge on any atom is 0.253 e. The standard InChI is InChI=1S/C17H12F2N4O/c18-9-1-2-10(12(19)7-9)16-20-5-4-14(23-16)15-8-11-13(22-15)3-6-21-17(11)24/h1-2,4-5,7-8,22H,3,6H2,(H,21,24). The average Bonchev–Trinajstić information content (AvgIpc) is 3.01. The van der Waals surface area contributed by atoms with E-state index in [4.69, 9.17) is 0 Å². The largest absolute Gasteiger partial charge is 0.356 e. The summed E-state index contributed by atoms with van der Waals surface area (Å²) in [5.41, 5.74) is 2.74. The molecule has 24 heavy (non-hydrogen) atoms. The first kappa shape index (κ1) is 14.5. The Morgan fingerprint density at radius 2 is 1.96 bits per heavy atom. The van der Waals surface area contributed by atoms with E-state index in [-0.39, 0.29) is 17.3 Å². The van der Waals surface area contributed by atoms with Gasteiger partial charge in [-0.1, -0.05) is 0 Å². The number of carbonyl (C=O) groups is 1. The molecular weight excluding hydrogens is 314 g/mol. The predicted octanol–water partition coefficient (Wildman–Crippen LogP) is 2.70. The molecule has 0 atom stereocenters. The molecule has 120 valence electrons. The van der Waals surface area contributed by atoms with Crippen LogP contribution in [-0.4, -0.2) is 27.4 Å². The summed E-state index contributed by atoms with van der Waals surface area (Å²) in [6, 6.07) is 6.64. The summed E-state index contributed by atoms with van der Waals surface area (Å²) in [4.78, 5) is 23.4. The third-order valence-electron chi connectivity index (χ3n) is 3.91. The molecule has 5 nitrogen and oxygen atoms in total. The molecule has 1 aliphatic heterocycles. The van der Waals surface area contributed by atoms with Crippen molar-refractivity contribution in [1.82, 2.24) is 20.3 Å². The molecule has 1 aliphatic rings. The number of amides is 1. The van der Waals surface area contributed by atoms with E-state index in [1.165, 1.54) is 12.3 Å². The summed E-state index contributed by atoms with van der Waals surface area (Å²) in [5, 5.41) is 2.78. The van der Waals surface area contributed by atoms with Crippen LogP contribution in [0.15, 0.2) is 36.5 Å². The number of H-pyrrole nitrogens is 1. The summed E-state index contributed by atoms with van der Waals surface area (Å²) >= 11 is 0. The smallest absolute Gasteiger partial charge is 0.253 e. The van der Waals surface area contributed by atoms with Gasteiger partial charge in [0.2, 0.25) is 0 Å². The van der Waals surface area contributed by atoms with Gasteiger partial charge in [0.25, 0.3) is 5.91 Å². The zero-order valence-corrected chi connectivity index (χ0v) is 12.4. The molecule has 7 heteroatoms. The minimum atomic E-state index is -0.725. The Kier molecular flexibility index (Phi) is 3.34. The monoisotopic (exact) mass is 326 g/mol. The van der Waals surface area contributed by atoms with Gasteiger partial charge < -0.3 is 10.3 Å². The summed E-state index contributed by atoms with van der Waals surface area (Å²) in [5.74, 6) is -1.35. The molecule has 0 aliphatic carbocycles. The lowest BCUT2D eigenvalue weighted by molar-refractivity contribution is 0.0946. The number of rotatable bonds is 2.